The van der Waals surface area contributed by atoms with Gasteiger partial charge in [0.05, 0.1) is 16.6 Å². The SMILES string of the molecule is Cc1ccc(Cl)c(N2CCC[C@@H](C(=O)C(C)C)C2=O)c1. The lowest BCUT2D eigenvalue weighted by Crippen LogP contribution is -2.45. The minimum absolute atomic E-state index is 0.0310. The van der Waals surface area contributed by atoms with Crippen LogP contribution in [0.5, 0.6) is 0 Å². The first kappa shape index (κ1) is 15.0. The molecule has 0 aromatic heterocycles. The van der Waals surface area contributed by atoms with Crippen LogP contribution in [0.2, 0.25) is 5.02 Å². The number of amides is 1. The molecule has 1 amide bonds. The van der Waals surface area contributed by atoms with E-state index in [1.54, 1.807) is 11.0 Å². The highest BCUT2D eigenvalue weighted by molar-refractivity contribution is 6.34. The molecule has 1 aliphatic heterocycles. The summed E-state index contributed by atoms with van der Waals surface area (Å²) in [4.78, 5) is 26.4. The van der Waals surface area contributed by atoms with Crippen LogP contribution < -0.4 is 4.90 Å². The number of anilines is 1. The highest BCUT2D eigenvalue weighted by Gasteiger charge is 2.36. The number of carbonyl (C=O) groups excluding carboxylic acids is 2. The van der Waals surface area contributed by atoms with Crippen molar-refractivity contribution in [1.29, 1.82) is 0 Å². The molecule has 3 nitrogen and oxygen atoms in total. The highest BCUT2D eigenvalue weighted by atomic mass is 35.5. The van der Waals surface area contributed by atoms with Crippen molar-refractivity contribution in [3.05, 3.63) is 28.8 Å². The topological polar surface area (TPSA) is 37.4 Å². The molecule has 1 heterocycles. The molecule has 2 rings (SSSR count). The number of benzene rings is 1. The molecule has 0 spiro atoms. The van der Waals surface area contributed by atoms with Gasteiger partial charge in [0.25, 0.3) is 0 Å². The van der Waals surface area contributed by atoms with E-state index in [1.165, 1.54) is 0 Å². The Balaban J connectivity index is 2.31. The minimum atomic E-state index is -0.514. The fourth-order valence-corrected chi connectivity index (χ4v) is 2.83. The van der Waals surface area contributed by atoms with E-state index in [2.05, 4.69) is 0 Å². The molecule has 0 unspecified atom stereocenters. The highest BCUT2D eigenvalue weighted by Crippen LogP contribution is 2.32. The van der Waals surface area contributed by atoms with Gasteiger partial charge in [-0.25, -0.2) is 0 Å². The maximum atomic E-state index is 12.6. The number of hydrogen-bond acceptors (Lipinski definition) is 2. The summed E-state index contributed by atoms with van der Waals surface area (Å²) in [7, 11) is 0. The molecule has 20 heavy (non-hydrogen) atoms. The van der Waals surface area contributed by atoms with E-state index in [-0.39, 0.29) is 17.6 Å². The van der Waals surface area contributed by atoms with Gasteiger partial charge in [-0.3, -0.25) is 9.59 Å². The van der Waals surface area contributed by atoms with Crippen LogP contribution in [-0.4, -0.2) is 18.2 Å². The van der Waals surface area contributed by atoms with Crippen molar-refractivity contribution in [3.63, 3.8) is 0 Å². The Labute approximate surface area is 124 Å². The molecule has 0 aliphatic carbocycles. The van der Waals surface area contributed by atoms with Gasteiger partial charge in [-0.15, -0.1) is 0 Å². The third-order valence-electron chi connectivity index (χ3n) is 3.74. The lowest BCUT2D eigenvalue weighted by Gasteiger charge is -2.33. The standard InChI is InChI=1S/C16H20ClNO2/c1-10(2)15(19)12-5-4-8-18(16(12)20)14-9-11(3)6-7-13(14)17/h6-7,9-10,12H,4-5,8H2,1-3H3/t12-/m0/s1. The van der Waals surface area contributed by atoms with Gasteiger partial charge < -0.3 is 4.90 Å². The van der Waals surface area contributed by atoms with Crippen molar-refractivity contribution in [2.45, 2.75) is 33.6 Å². The lowest BCUT2D eigenvalue weighted by molar-refractivity contribution is -0.135. The molecule has 4 heteroatoms. The summed E-state index contributed by atoms with van der Waals surface area (Å²) in [5, 5.41) is 0.557. The molecule has 0 N–H and O–H groups in total. The molecule has 1 atom stereocenters. The van der Waals surface area contributed by atoms with E-state index in [0.29, 0.717) is 18.0 Å². The van der Waals surface area contributed by atoms with Gasteiger partial charge >= 0.3 is 0 Å². The largest absolute Gasteiger partial charge is 0.310 e. The first-order valence-electron chi connectivity index (χ1n) is 7.03. The maximum Gasteiger partial charge on any atom is 0.237 e. The smallest absolute Gasteiger partial charge is 0.237 e. The molecule has 108 valence electrons. The summed E-state index contributed by atoms with van der Waals surface area (Å²) in [6.45, 7) is 6.28. The summed E-state index contributed by atoms with van der Waals surface area (Å²) in [5.74, 6) is -0.705. The average molecular weight is 294 g/mol. The van der Waals surface area contributed by atoms with Crippen LogP contribution >= 0.6 is 11.6 Å². The fraction of sp³-hybridized carbons (Fsp3) is 0.500. The van der Waals surface area contributed by atoms with Crippen molar-refractivity contribution in [2.24, 2.45) is 11.8 Å². The van der Waals surface area contributed by atoms with Gasteiger partial charge in [-0.2, -0.15) is 0 Å². The number of piperidine rings is 1. The molecule has 1 aromatic rings. The molecule has 1 aliphatic rings. The summed E-state index contributed by atoms with van der Waals surface area (Å²) in [5.41, 5.74) is 1.77. The Morgan fingerprint density at radius 1 is 1.40 bits per heavy atom. The Hall–Kier alpha value is -1.35. The van der Waals surface area contributed by atoms with E-state index >= 15 is 0 Å². The fourth-order valence-electron chi connectivity index (χ4n) is 2.61. The predicted octanol–water partition coefficient (Wildman–Crippen LogP) is 3.62. The molecular formula is C16H20ClNO2. The Morgan fingerprint density at radius 2 is 2.10 bits per heavy atom. The van der Waals surface area contributed by atoms with Crippen molar-refractivity contribution in [3.8, 4) is 0 Å². The second-order valence-corrected chi connectivity index (χ2v) is 6.10. The van der Waals surface area contributed by atoms with Gasteiger partial charge in [0.15, 0.2) is 0 Å². The third-order valence-corrected chi connectivity index (χ3v) is 4.06. The van der Waals surface area contributed by atoms with Gasteiger partial charge in [0, 0.05) is 12.5 Å². The number of halogens is 1. The number of rotatable bonds is 3. The zero-order valence-corrected chi connectivity index (χ0v) is 12.9. The molecular weight excluding hydrogens is 274 g/mol. The van der Waals surface area contributed by atoms with Crippen LogP contribution in [-0.2, 0) is 9.59 Å². The van der Waals surface area contributed by atoms with E-state index in [9.17, 15) is 9.59 Å². The van der Waals surface area contributed by atoms with Crippen LogP contribution in [0.4, 0.5) is 5.69 Å². The third kappa shape index (κ3) is 2.88. The van der Waals surface area contributed by atoms with Crippen molar-refractivity contribution in [1.82, 2.24) is 0 Å². The predicted molar refractivity (Wildman–Crippen MR) is 81.1 cm³/mol. The van der Waals surface area contributed by atoms with Crippen LogP contribution in [0.3, 0.4) is 0 Å². The number of ketones is 1. The van der Waals surface area contributed by atoms with Gasteiger partial charge in [0.2, 0.25) is 5.91 Å². The second kappa shape index (κ2) is 5.96. The Bertz CT molecular complexity index is 539. The van der Waals surface area contributed by atoms with E-state index in [1.807, 2.05) is 32.9 Å². The summed E-state index contributed by atoms with van der Waals surface area (Å²) < 4.78 is 0. The number of aryl methyl sites for hydroxylation is 1. The number of nitrogens with zero attached hydrogens (tertiary/aromatic N) is 1. The summed E-state index contributed by atoms with van der Waals surface area (Å²) in [6.07, 6.45) is 1.48. The minimum Gasteiger partial charge on any atom is -0.310 e. The second-order valence-electron chi connectivity index (χ2n) is 5.70. The van der Waals surface area contributed by atoms with Crippen molar-refractivity contribution < 1.29 is 9.59 Å². The summed E-state index contributed by atoms with van der Waals surface area (Å²) >= 11 is 6.21. The van der Waals surface area contributed by atoms with Crippen LogP contribution in [0.1, 0.15) is 32.3 Å². The number of carbonyl (C=O) groups is 2. The summed E-state index contributed by atoms with van der Waals surface area (Å²) in [6, 6.07) is 5.62. The van der Waals surface area contributed by atoms with Gasteiger partial charge in [0.1, 0.15) is 5.78 Å². The monoisotopic (exact) mass is 293 g/mol. The molecule has 1 fully saturated rings. The Morgan fingerprint density at radius 3 is 2.75 bits per heavy atom. The molecule has 1 aromatic carbocycles. The van der Waals surface area contributed by atoms with Crippen LogP contribution in [0.15, 0.2) is 18.2 Å². The first-order valence-corrected chi connectivity index (χ1v) is 7.41. The first-order chi connectivity index (χ1) is 9.41. The van der Waals surface area contributed by atoms with E-state index in [0.717, 1.165) is 17.7 Å². The molecule has 0 radical (unpaired) electrons. The van der Waals surface area contributed by atoms with Gasteiger partial charge in [-0.1, -0.05) is 31.5 Å². The van der Waals surface area contributed by atoms with Crippen molar-refractivity contribution >= 4 is 29.0 Å². The molecule has 1 saturated heterocycles. The van der Waals surface area contributed by atoms with E-state index in [4.69, 9.17) is 11.6 Å². The number of Topliss-reactive ketones (excluding diaryl/α,β-unsaturated/α-hetero) is 1. The molecule has 0 bridgehead atoms. The lowest BCUT2D eigenvalue weighted by atomic mass is 9.87. The molecule has 0 saturated carbocycles. The zero-order valence-electron chi connectivity index (χ0n) is 12.1. The van der Waals surface area contributed by atoms with Crippen molar-refractivity contribution in [2.75, 3.05) is 11.4 Å². The number of hydrogen-bond donors (Lipinski definition) is 0. The van der Waals surface area contributed by atoms with Crippen LogP contribution in [0.25, 0.3) is 0 Å². The average Bonchev–Trinajstić information content (AvgIpc) is 2.41. The Kier molecular flexibility index (Phi) is 4.48. The quantitative estimate of drug-likeness (QED) is 0.798. The normalized spacial score (nSPS) is 19.6. The van der Waals surface area contributed by atoms with Gasteiger partial charge in [-0.05, 0) is 37.5 Å². The zero-order chi connectivity index (χ0) is 14.9. The van der Waals surface area contributed by atoms with E-state index < -0.39 is 5.92 Å². The van der Waals surface area contributed by atoms with Crippen LogP contribution in [0, 0.1) is 18.8 Å². The maximum absolute atomic E-state index is 12.6.